The number of hydrogen-bond donors (Lipinski definition) is 0. The highest BCUT2D eigenvalue weighted by molar-refractivity contribution is 6.07. The molecular formula is C27H25N3O2. The average molecular weight is 424 g/mol. The maximum atomic E-state index is 13.1. The van der Waals surface area contributed by atoms with Gasteiger partial charge in [-0.15, -0.1) is 0 Å². The number of carbonyl (C=O) groups excluding carboxylic acids is 2. The molecule has 1 saturated carbocycles. The molecule has 0 unspecified atom stereocenters. The molecule has 1 aliphatic heterocycles. The summed E-state index contributed by atoms with van der Waals surface area (Å²) in [5.74, 6) is -0.383. The number of carbonyl (C=O) groups is 2. The van der Waals surface area contributed by atoms with E-state index in [1.807, 2.05) is 12.1 Å². The molecule has 5 nitrogen and oxygen atoms in total. The number of benzene rings is 2. The van der Waals surface area contributed by atoms with Crippen LogP contribution in [0.3, 0.4) is 0 Å². The lowest BCUT2D eigenvalue weighted by molar-refractivity contribution is -0.140. The van der Waals surface area contributed by atoms with Crippen molar-refractivity contribution in [2.45, 2.75) is 26.3 Å². The van der Waals surface area contributed by atoms with Gasteiger partial charge in [-0.25, -0.2) is 0 Å². The monoisotopic (exact) mass is 423 g/mol. The fourth-order valence-electron chi connectivity index (χ4n) is 5.69. The van der Waals surface area contributed by atoms with Crippen molar-refractivity contribution in [2.75, 3.05) is 0 Å². The minimum Gasteiger partial charge on any atom is -0.342 e. The van der Waals surface area contributed by atoms with Crippen LogP contribution in [0, 0.1) is 30.6 Å². The van der Waals surface area contributed by atoms with Crippen LogP contribution in [0.1, 0.15) is 29.5 Å². The summed E-state index contributed by atoms with van der Waals surface area (Å²) in [5.41, 5.74) is 4.47. The van der Waals surface area contributed by atoms with Crippen LogP contribution in [0.2, 0.25) is 0 Å². The average Bonchev–Trinajstić information content (AvgIpc) is 3.31. The first-order valence-electron chi connectivity index (χ1n) is 11.3. The first-order valence-corrected chi connectivity index (χ1v) is 11.3. The molecule has 1 aromatic heterocycles. The van der Waals surface area contributed by atoms with E-state index >= 15 is 0 Å². The Hall–Kier alpha value is -3.47. The molecule has 160 valence electrons. The van der Waals surface area contributed by atoms with Gasteiger partial charge in [0.25, 0.3) is 11.8 Å². The van der Waals surface area contributed by atoms with Gasteiger partial charge in [-0.2, -0.15) is 10.1 Å². The van der Waals surface area contributed by atoms with Crippen molar-refractivity contribution >= 4 is 28.9 Å². The van der Waals surface area contributed by atoms with E-state index in [2.05, 4.69) is 71.3 Å². The molecule has 3 aromatic rings. The fourth-order valence-corrected chi connectivity index (χ4v) is 5.69. The van der Waals surface area contributed by atoms with E-state index in [4.69, 9.17) is 0 Å². The number of para-hydroxylation sites is 1. The molecule has 32 heavy (non-hydrogen) atoms. The van der Waals surface area contributed by atoms with E-state index in [9.17, 15) is 9.59 Å². The van der Waals surface area contributed by atoms with Crippen LogP contribution in [-0.2, 0) is 16.1 Å². The molecule has 0 N–H and O–H groups in total. The molecule has 0 radical (unpaired) electrons. The van der Waals surface area contributed by atoms with Crippen LogP contribution >= 0.6 is 0 Å². The molecule has 5 heteroatoms. The Kier molecular flexibility index (Phi) is 4.39. The van der Waals surface area contributed by atoms with Crippen molar-refractivity contribution in [3.05, 3.63) is 83.6 Å². The zero-order valence-corrected chi connectivity index (χ0v) is 18.0. The number of rotatable bonds is 4. The highest BCUT2D eigenvalue weighted by atomic mass is 16.2. The van der Waals surface area contributed by atoms with Crippen molar-refractivity contribution in [2.24, 2.45) is 28.8 Å². The molecule has 4 aliphatic rings. The highest BCUT2D eigenvalue weighted by Crippen LogP contribution is 2.49. The van der Waals surface area contributed by atoms with Crippen LogP contribution in [-0.4, -0.2) is 27.6 Å². The van der Waals surface area contributed by atoms with Crippen LogP contribution in [0.25, 0.3) is 10.9 Å². The van der Waals surface area contributed by atoms with Crippen LogP contribution < -0.4 is 0 Å². The Bertz CT molecular complexity index is 1250. The molecule has 2 heterocycles. The predicted molar refractivity (Wildman–Crippen MR) is 124 cm³/mol. The molecule has 7 rings (SSSR count). The Morgan fingerprint density at radius 3 is 2.25 bits per heavy atom. The first-order chi connectivity index (χ1) is 15.6. The maximum absolute atomic E-state index is 13.1. The number of hydrazone groups is 1. The SMILES string of the molecule is Cc1ccc(Cn2cc(/C=N\N3C(=O)[C@@H]4[C@@H](C3=O)[C@H]3C=C[C@H]4CC3)c3ccccc32)cc1. The number of nitrogens with zero attached hydrogens (tertiary/aromatic N) is 3. The second kappa shape index (κ2) is 7.30. The maximum Gasteiger partial charge on any atom is 0.254 e. The van der Waals surface area contributed by atoms with E-state index < -0.39 is 0 Å². The second-order valence-corrected chi connectivity index (χ2v) is 9.29. The van der Waals surface area contributed by atoms with E-state index in [0.717, 1.165) is 40.9 Å². The topological polar surface area (TPSA) is 54.7 Å². The van der Waals surface area contributed by atoms with Crippen molar-refractivity contribution in [1.82, 2.24) is 9.58 Å². The second-order valence-electron chi connectivity index (χ2n) is 9.29. The third kappa shape index (κ3) is 2.95. The molecule has 2 fully saturated rings. The molecule has 4 atom stereocenters. The van der Waals surface area contributed by atoms with Gasteiger partial charge >= 0.3 is 0 Å². The van der Waals surface area contributed by atoms with E-state index in [0.29, 0.717) is 0 Å². The van der Waals surface area contributed by atoms with Gasteiger partial charge in [0.15, 0.2) is 0 Å². The summed E-state index contributed by atoms with van der Waals surface area (Å²) in [6.45, 7) is 2.83. The van der Waals surface area contributed by atoms with E-state index in [1.165, 1.54) is 11.1 Å². The number of aromatic nitrogens is 1. The lowest BCUT2D eigenvalue weighted by Crippen LogP contribution is -2.38. The summed E-state index contributed by atoms with van der Waals surface area (Å²) >= 11 is 0. The zero-order chi connectivity index (χ0) is 21.8. The Morgan fingerprint density at radius 2 is 1.59 bits per heavy atom. The Labute approximate surface area is 187 Å². The number of allylic oxidation sites excluding steroid dienone is 2. The number of amides is 2. The third-order valence-corrected chi connectivity index (χ3v) is 7.34. The highest BCUT2D eigenvalue weighted by Gasteiger charge is 2.56. The molecular weight excluding hydrogens is 398 g/mol. The molecule has 0 spiro atoms. The van der Waals surface area contributed by atoms with Crippen molar-refractivity contribution in [3.63, 3.8) is 0 Å². The quantitative estimate of drug-likeness (QED) is 0.352. The van der Waals surface area contributed by atoms with Crippen molar-refractivity contribution in [3.8, 4) is 0 Å². The predicted octanol–water partition coefficient (Wildman–Crippen LogP) is 4.53. The number of imide groups is 1. The summed E-state index contributed by atoms with van der Waals surface area (Å²) in [4.78, 5) is 26.1. The van der Waals surface area contributed by atoms with Crippen LogP contribution in [0.15, 0.2) is 72.0 Å². The minimum absolute atomic E-state index is 0.140. The normalized spacial score (nSPS) is 26.6. The fraction of sp³-hybridized carbons (Fsp3) is 0.296. The van der Waals surface area contributed by atoms with Gasteiger partial charge in [-0.1, -0.05) is 60.2 Å². The zero-order valence-electron chi connectivity index (χ0n) is 18.0. The smallest absolute Gasteiger partial charge is 0.254 e. The van der Waals surface area contributed by atoms with Crippen LogP contribution in [0.4, 0.5) is 0 Å². The number of hydrogen-bond acceptors (Lipinski definition) is 3. The van der Waals surface area contributed by atoms with Gasteiger partial charge in [0.05, 0.1) is 18.1 Å². The van der Waals surface area contributed by atoms with E-state index in [1.54, 1.807) is 6.21 Å². The van der Waals surface area contributed by atoms with Gasteiger partial charge in [0, 0.05) is 29.2 Å². The molecule has 2 bridgehead atoms. The first kappa shape index (κ1) is 19.2. The van der Waals surface area contributed by atoms with Crippen LogP contribution in [0.5, 0.6) is 0 Å². The summed E-state index contributed by atoms with van der Waals surface area (Å²) in [6.07, 6.45) is 9.98. The van der Waals surface area contributed by atoms with Gasteiger partial charge in [0.1, 0.15) is 0 Å². The summed E-state index contributed by atoms with van der Waals surface area (Å²) in [7, 11) is 0. The largest absolute Gasteiger partial charge is 0.342 e. The van der Waals surface area contributed by atoms with Gasteiger partial charge in [0.2, 0.25) is 0 Å². The van der Waals surface area contributed by atoms with Gasteiger partial charge in [-0.3, -0.25) is 9.59 Å². The lowest BCUT2D eigenvalue weighted by Gasteiger charge is -2.37. The van der Waals surface area contributed by atoms with Crippen molar-refractivity contribution < 1.29 is 9.59 Å². The lowest BCUT2D eigenvalue weighted by atomic mass is 9.63. The van der Waals surface area contributed by atoms with Crippen molar-refractivity contribution in [1.29, 1.82) is 0 Å². The molecule has 3 aliphatic carbocycles. The summed E-state index contributed by atoms with van der Waals surface area (Å²) < 4.78 is 2.19. The Balaban J connectivity index is 1.32. The third-order valence-electron chi connectivity index (χ3n) is 7.34. The standard InChI is InChI=1S/C27H25N3O2/c1-17-6-8-18(9-7-17)15-29-16-21(22-4-2-3-5-23(22)29)14-28-30-26(31)24-19-10-11-20(13-12-19)25(24)27(30)32/h2-11,14,16,19-20,24-25H,12-13,15H2,1H3/b28-14-/t19-,20-,24-,25-/m0/s1. The summed E-state index contributed by atoms with van der Waals surface area (Å²) in [5, 5.41) is 6.62. The molecule has 2 aromatic carbocycles. The molecule has 1 saturated heterocycles. The molecule has 2 amide bonds. The minimum atomic E-state index is -0.230. The van der Waals surface area contributed by atoms with Gasteiger partial charge < -0.3 is 4.57 Å². The number of aryl methyl sites for hydroxylation is 1. The van der Waals surface area contributed by atoms with E-state index in [-0.39, 0.29) is 35.5 Å². The number of fused-ring (bicyclic) bond motifs is 2. The Morgan fingerprint density at radius 1 is 0.938 bits per heavy atom. The summed E-state index contributed by atoms with van der Waals surface area (Å²) in [6, 6.07) is 16.7. The van der Waals surface area contributed by atoms with Gasteiger partial charge in [-0.05, 0) is 43.2 Å².